The minimum Gasteiger partial charge on any atom is -0.321 e. The van der Waals surface area contributed by atoms with Gasteiger partial charge in [-0.3, -0.25) is 9.59 Å². The molecule has 0 aliphatic carbocycles. The molecule has 1 aromatic carbocycles. The second-order valence-corrected chi connectivity index (χ2v) is 3.83. The molecule has 1 heterocycles. The van der Waals surface area contributed by atoms with Crippen LogP contribution in [0.3, 0.4) is 0 Å². The van der Waals surface area contributed by atoms with E-state index in [1.54, 1.807) is 24.3 Å². The van der Waals surface area contributed by atoms with E-state index in [0.717, 1.165) is 0 Å². The van der Waals surface area contributed by atoms with Gasteiger partial charge in [-0.05, 0) is 30.3 Å². The minimum absolute atomic E-state index is 0.215. The highest BCUT2D eigenvalue weighted by Crippen LogP contribution is 2.13. The summed E-state index contributed by atoms with van der Waals surface area (Å²) in [5, 5.41) is 3.24. The zero-order valence-electron chi connectivity index (χ0n) is 8.74. The Morgan fingerprint density at radius 2 is 1.82 bits per heavy atom. The Labute approximate surface area is 102 Å². The molecule has 2 N–H and O–H groups in total. The Morgan fingerprint density at radius 1 is 1.12 bits per heavy atom. The standard InChI is InChI=1S/C12H9ClN2O2/c13-8-4-6-9(7-5-8)14-12(17)10-2-1-3-11(16)15-10/h1-7H,(H,14,17)(H,15,16). The lowest BCUT2D eigenvalue weighted by Gasteiger charge is -2.04. The number of pyridine rings is 1. The second kappa shape index (κ2) is 4.84. The van der Waals surface area contributed by atoms with E-state index in [-0.39, 0.29) is 17.2 Å². The Hall–Kier alpha value is -2.07. The molecule has 0 radical (unpaired) electrons. The van der Waals surface area contributed by atoms with Gasteiger partial charge in [-0.2, -0.15) is 0 Å². The summed E-state index contributed by atoms with van der Waals surface area (Å²) in [5.41, 5.74) is 0.519. The summed E-state index contributed by atoms with van der Waals surface area (Å²) in [6.45, 7) is 0. The molecule has 0 spiro atoms. The van der Waals surface area contributed by atoms with Crippen molar-refractivity contribution in [3.05, 3.63) is 63.5 Å². The smallest absolute Gasteiger partial charge is 0.272 e. The van der Waals surface area contributed by atoms with Crippen LogP contribution in [0, 0.1) is 0 Å². The molecule has 1 amide bonds. The second-order valence-electron chi connectivity index (χ2n) is 3.39. The van der Waals surface area contributed by atoms with Crippen LogP contribution in [0.4, 0.5) is 5.69 Å². The average Bonchev–Trinajstić information content (AvgIpc) is 2.32. The predicted molar refractivity (Wildman–Crippen MR) is 66.5 cm³/mol. The molecule has 1 aromatic heterocycles. The number of H-pyrrole nitrogens is 1. The summed E-state index contributed by atoms with van der Waals surface area (Å²) in [7, 11) is 0. The van der Waals surface area contributed by atoms with E-state index in [4.69, 9.17) is 11.6 Å². The van der Waals surface area contributed by atoms with E-state index in [0.29, 0.717) is 10.7 Å². The first-order valence-electron chi connectivity index (χ1n) is 4.91. The topological polar surface area (TPSA) is 62.0 Å². The molecule has 0 aliphatic rings. The van der Waals surface area contributed by atoms with Gasteiger partial charge in [0.2, 0.25) is 5.56 Å². The lowest BCUT2D eigenvalue weighted by Crippen LogP contribution is -2.17. The van der Waals surface area contributed by atoms with Crippen LogP contribution in [0.2, 0.25) is 5.02 Å². The quantitative estimate of drug-likeness (QED) is 0.857. The molecule has 2 aromatic rings. The third-order valence-corrected chi connectivity index (χ3v) is 2.37. The molecule has 2 rings (SSSR count). The number of carbonyl (C=O) groups excluding carboxylic acids is 1. The van der Waals surface area contributed by atoms with Crippen LogP contribution in [0.15, 0.2) is 47.3 Å². The van der Waals surface area contributed by atoms with E-state index >= 15 is 0 Å². The zero-order valence-corrected chi connectivity index (χ0v) is 9.49. The van der Waals surface area contributed by atoms with Crippen molar-refractivity contribution in [2.75, 3.05) is 5.32 Å². The highest BCUT2D eigenvalue weighted by atomic mass is 35.5. The Morgan fingerprint density at radius 3 is 2.47 bits per heavy atom. The molecule has 0 unspecified atom stereocenters. The molecule has 0 aliphatic heterocycles. The lowest BCUT2D eigenvalue weighted by molar-refractivity contribution is 0.102. The molecule has 0 bridgehead atoms. The number of halogens is 1. The van der Waals surface area contributed by atoms with Gasteiger partial charge in [0.1, 0.15) is 5.69 Å². The van der Waals surface area contributed by atoms with Crippen molar-refractivity contribution in [3.63, 3.8) is 0 Å². The van der Waals surface area contributed by atoms with Crippen LogP contribution in [-0.4, -0.2) is 10.9 Å². The fourth-order valence-electron chi connectivity index (χ4n) is 1.31. The fraction of sp³-hybridized carbons (Fsp3) is 0. The van der Waals surface area contributed by atoms with Gasteiger partial charge in [0.15, 0.2) is 0 Å². The number of anilines is 1. The van der Waals surface area contributed by atoms with Crippen LogP contribution in [0.5, 0.6) is 0 Å². The molecule has 0 fully saturated rings. The van der Waals surface area contributed by atoms with Crippen molar-refractivity contribution in [3.8, 4) is 0 Å². The molecule has 5 heteroatoms. The molecule has 4 nitrogen and oxygen atoms in total. The maximum Gasteiger partial charge on any atom is 0.272 e. The Bertz CT molecular complexity index is 590. The summed E-state index contributed by atoms with van der Waals surface area (Å²) in [6, 6.07) is 11.1. The highest BCUT2D eigenvalue weighted by Gasteiger charge is 2.06. The van der Waals surface area contributed by atoms with Crippen molar-refractivity contribution in [2.24, 2.45) is 0 Å². The minimum atomic E-state index is -0.370. The maximum atomic E-state index is 11.7. The first kappa shape index (κ1) is 11.4. The van der Waals surface area contributed by atoms with Crippen LogP contribution in [0.1, 0.15) is 10.5 Å². The van der Waals surface area contributed by atoms with Crippen LogP contribution in [-0.2, 0) is 0 Å². The third kappa shape index (κ3) is 2.95. The molecule has 0 atom stereocenters. The van der Waals surface area contributed by atoms with Crippen molar-refractivity contribution in [1.29, 1.82) is 0 Å². The Kier molecular flexibility index (Phi) is 3.25. The SMILES string of the molecule is O=C(Nc1ccc(Cl)cc1)c1cccc(=O)[nH]1. The van der Waals surface area contributed by atoms with Gasteiger partial charge >= 0.3 is 0 Å². The van der Waals surface area contributed by atoms with Crippen molar-refractivity contribution in [2.45, 2.75) is 0 Å². The summed E-state index contributed by atoms with van der Waals surface area (Å²) in [4.78, 5) is 25.2. The number of nitrogens with one attached hydrogen (secondary N) is 2. The first-order valence-corrected chi connectivity index (χ1v) is 5.29. The van der Waals surface area contributed by atoms with E-state index in [9.17, 15) is 9.59 Å². The summed E-state index contributed by atoms with van der Waals surface area (Å²) >= 11 is 5.73. The largest absolute Gasteiger partial charge is 0.321 e. The van der Waals surface area contributed by atoms with Crippen molar-refractivity contribution in [1.82, 2.24) is 4.98 Å². The number of aromatic amines is 1. The molecular formula is C12H9ClN2O2. The Balaban J connectivity index is 2.17. The van der Waals surface area contributed by atoms with Crippen molar-refractivity contribution >= 4 is 23.2 Å². The highest BCUT2D eigenvalue weighted by molar-refractivity contribution is 6.30. The zero-order chi connectivity index (χ0) is 12.3. The lowest BCUT2D eigenvalue weighted by atomic mass is 10.3. The van der Waals surface area contributed by atoms with Gasteiger partial charge < -0.3 is 10.3 Å². The number of amides is 1. The van der Waals surface area contributed by atoms with Gasteiger partial charge in [-0.1, -0.05) is 17.7 Å². The average molecular weight is 249 g/mol. The van der Waals surface area contributed by atoms with Gasteiger partial charge in [0.25, 0.3) is 5.91 Å². The molecule has 0 saturated carbocycles. The predicted octanol–water partition coefficient (Wildman–Crippen LogP) is 2.28. The van der Waals surface area contributed by atoms with E-state index in [1.165, 1.54) is 18.2 Å². The van der Waals surface area contributed by atoms with Gasteiger partial charge in [-0.25, -0.2) is 0 Å². The molecular weight excluding hydrogens is 240 g/mol. The number of carbonyl (C=O) groups is 1. The molecule has 0 saturated heterocycles. The van der Waals surface area contributed by atoms with Crippen LogP contribution in [0.25, 0.3) is 0 Å². The van der Waals surface area contributed by atoms with Crippen LogP contribution < -0.4 is 10.9 Å². The molecule has 86 valence electrons. The number of rotatable bonds is 2. The van der Waals surface area contributed by atoms with E-state index in [2.05, 4.69) is 10.3 Å². The summed E-state index contributed by atoms with van der Waals surface area (Å²) in [6.07, 6.45) is 0. The monoisotopic (exact) mass is 248 g/mol. The van der Waals surface area contributed by atoms with Crippen LogP contribution >= 0.6 is 11.6 Å². The fourth-order valence-corrected chi connectivity index (χ4v) is 1.44. The normalized spacial score (nSPS) is 9.94. The van der Waals surface area contributed by atoms with E-state index < -0.39 is 0 Å². The first-order chi connectivity index (χ1) is 8.15. The maximum absolute atomic E-state index is 11.7. The summed E-state index contributed by atoms with van der Waals surface area (Å²) in [5.74, 6) is -0.370. The number of benzene rings is 1. The molecule has 17 heavy (non-hydrogen) atoms. The van der Waals surface area contributed by atoms with E-state index in [1.807, 2.05) is 0 Å². The number of hydrogen-bond donors (Lipinski definition) is 2. The number of hydrogen-bond acceptors (Lipinski definition) is 2. The van der Waals surface area contributed by atoms with Gasteiger partial charge in [0.05, 0.1) is 0 Å². The van der Waals surface area contributed by atoms with Gasteiger partial charge in [-0.15, -0.1) is 0 Å². The van der Waals surface area contributed by atoms with Gasteiger partial charge in [0, 0.05) is 16.8 Å². The number of aromatic nitrogens is 1. The van der Waals surface area contributed by atoms with Crippen molar-refractivity contribution < 1.29 is 4.79 Å². The third-order valence-electron chi connectivity index (χ3n) is 2.12. The summed E-state index contributed by atoms with van der Waals surface area (Å²) < 4.78 is 0.